The Morgan fingerprint density at radius 1 is 0.429 bits per heavy atom. The molecule has 21 heavy (non-hydrogen) atoms. The maximum atomic E-state index is 2.47. The second-order valence-electron chi connectivity index (χ2n) is 7.55. The van der Waals surface area contributed by atoms with Crippen molar-refractivity contribution in [3.05, 3.63) is 0 Å². The lowest BCUT2D eigenvalue weighted by Crippen LogP contribution is -1.97. The van der Waals surface area contributed by atoms with Gasteiger partial charge in [-0.1, -0.05) is 124 Å². The van der Waals surface area contributed by atoms with Crippen LogP contribution in [0.25, 0.3) is 0 Å². The lowest BCUT2D eigenvalue weighted by molar-refractivity contribution is 0.409. The van der Waals surface area contributed by atoms with Crippen molar-refractivity contribution in [1.82, 2.24) is 0 Å². The maximum Gasteiger partial charge on any atom is -0.0443 e. The van der Waals surface area contributed by atoms with Gasteiger partial charge >= 0.3 is 0 Å². The summed E-state index contributed by atoms with van der Waals surface area (Å²) >= 11 is 0. The summed E-state index contributed by atoms with van der Waals surface area (Å²) in [5, 5.41) is 0. The van der Waals surface area contributed by atoms with Crippen molar-refractivity contribution in [2.45, 2.75) is 124 Å². The highest BCUT2D eigenvalue weighted by molar-refractivity contribution is 4.58. The van der Waals surface area contributed by atoms with Crippen LogP contribution in [0.15, 0.2) is 0 Å². The molecule has 0 spiro atoms. The summed E-state index contributed by atoms with van der Waals surface area (Å²) in [5.74, 6) is 1.93. The molecule has 0 aliphatic heterocycles. The summed E-state index contributed by atoms with van der Waals surface area (Å²) in [5.41, 5.74) is 0. The fourth-order valence-corrected chi connectivity index (χ4v) is 3.29. The largest absolute Gasteiger partial charge is 0.0654 e. The van der Waals surface area contributed by atoms with E-state index in [0.29, 0.717) is 0 Å². The smallest absolute Gasteiger partial charge is 0.0443 e. The summed E-state index contributed by atoms with van der Waals surface area (Å²) in [6.07, 6.45) is 21.7. The van der Waals surface area contributed by atoms with Gasteiger partial charge < -0.3 is 0 Å². The van der Waals surface area contributed by atoms with Gasteiger partial charge in [-0.05, 0) is 11.8 Å². The summed E-state index contributed by atoms with van der Waals surface area (Å²) in [7, 11) is 0. The number of rotatable bonds is 16. The Morgan fingerprint density at radius 2 is 0.714 bits per heavy atom. The van der Waals surface area contributed by atoms with E-state index in [-0.39, 0.29) is 0 Å². The zero-order valence-corrected chi connectivity index (χ0v) is 15.8. The van der Waals surface area contributed by atoms with Gasteiger partial charge in [0.15, 0.2) is 0 Å². The molecule has 0 N–H and O–H groups in total. The molecule has 0 nitrogen and oxygen atoms in total. The highest BCUT2D eigenvalue weighted by Gasteiger charge is 2.04. The minimum Gasteiger partial charge on any atom is -0.0654 e. The Labute approximate surface area is 136 Å². The first kappa shape index (κ1) is 21.0. The molecular weight excluding hydrogens is 252 g/mol. The number of hydrogen-bond acceptors (Lipinski definition) is 0. The average Bonchev–Trinajstić information content (AvgIpc) is 2.47. The standard InChI is InChI=1S/C21H44/c1-5-7-9-10-13-17-21(4)19-15-11-14-18-20(3)16-12-8-6-2/h20-21H,5-19H2,1-4H3. The van der Waals surface area contributed by atoms with E-state index in [1.165, 1.54) is 96.3 Å². The second-order valence-corrected chi connectivity index (χ2v) is 7.55. The molecule has 0 heterocycles. The molecule has 2 atom stereocenters. The lowest BCUT2D eigenvalue weighted by atomic mass is 9.94. The van der Waals surface area contributed by atoms with Gasteiger partial charge in [-0.3, -0.25) is 0 Å². The third-order valence-electron chi connectivity index (χ3n) is 4.99. The molecule has 0 saturated carbocycles. The van der Waals surface area contributed by atoms with Crippen LogP contribution in [-0.4, -0.2) is 0 Å². The van der Waals surface area contributed by atoms with E-state index < -0.39 is 0 Å². The van der Waals surface area contributed by atoms with Crippen LogP contribution in [0, 0.1) is 11.8 Å². The van der Waals surface area contributed by atoms with Crippen LogP contribution in [0.1, 0.15) is 124 Å². The van der Waals surface area contributed by atoms with Crippen LogP contribution in [0.2, 0.25) is 0 Å². The molecule has 0 aliphatic rings. The minimum absolute atomic E-state index is 0.965. The predicted octanol–water partition coefficient (Wildman–Crippen LogP) is 8.15. The summed E-state index contributed by atoms with van der Waals surface area (Å²) < 4.78 is 0. The van der Waals surface area contributed by atoms with Crippen molar-refractivity contribution < 1.29 is 0 Å². The molecule has 0 rings (SSSR count). The molecule has 0 radical (unpaired) electrons. The fourth-order valence-electron chi connectivity index (χ4n) is 3.29. The first-order chi connectivity index (χ1) is 10.2. The van der Waals surface area contributed by atoms with Gasteiger partial charge in [0.05, 0.1) is 0 Å². The van der Waals surface area contributed by atoms with Crippen molar-refractivity contribution in [2.24, 2.45) is 11.8 Å². The van der Waals surface area contributed by atoms with Gasteiger partial charge in [0.2, 0.25) is 0 Å². The van der Waals surface area contributed by atoms with Crippen molar-refractivity contribution in [3.63, 3.8) is 0 Å². The molecule has 0 aliphatic carbocycles. The molecule has 2 unspecified atom stereocenters. The Bertz CT molecular complexity index is 184. The SMILES string of the molecule is CCCCCCCC(C)CCCCCC(C)CCCCC. The lowest BCUT2D eigenvalue weighted by Gasteiger charge is -2.13. The van der Waals surface area contributed by atoms with E-state index in [1.54, 1.807) is 0 Å². The van der Waals surface area contributed by atoms with Crippen LogP contribution in [0.4, 0.5) is 0 Å². The molecular formula is C21H44. The number of unbranched alkanes of at least 4 members (excludes halogenated alkanes) is 8. The van der Waals surface area contributed by atoms with Gasteiger partial charge in [-0.15, -0.1) is 0 Å². The normalized spacial score (nSPS) is 14.3. The Balaban J connectivity index is 3.25. The molecule has 0 aromatic carbocycles. The molecule has 0 amide bonds. The molecule has 0 aromatic rings. The van der Waals surface area contributed by atoms with Gasteiger partial charge in [0.1, 0.15) is 0 Å². The van der Waals surface area contributed by atoms with Crippen LogP contribution >= 0.6 is 0 Å². The quantitative estimate of drug-likeness (QED) is 0.252. The highest BCUT2D eigenvalue weighted by atomic mass is 14.1. The topological polar surface area (TPSA) is 0 Å². The van der Waals surface area contributed by atoms with Gasteiger partial charge in [-0.2, -0.15) is 0 Å². The Kier molecular flexibility index (Phi) is 16.4. The fraction of sp³-hybridized carbons (Fsp3) is 1.00. The van der Waals surface area contributed by atoms with Gasteiger partial charge in [0, 0.05) is 0 Å². The zero-order chi connectivity index (χ0) is 15.8. The molecule has 0 fully saturated rings. The maximum absolute atomic E-state index is 2.47. The molecule has 0 heteroatoms. The summed E-state index contributed by atoms with van der Waals surface area (Å²) in [6, 6.07) is 0. The average molecular weight is 297 g/mol. The van der Waals surface area contributed by atoms with Crippen LogP contribution in [0.3, 0.4) is 0 Å². The van der Waals surface area contributed by atoms with Crippen LogP contribution in [-0.2, 0) is 0 Å². The minimum atomic E-state index is 0.965. The van der Waals surface area contributed by atoms with E-state index in [4.69, 9.17) is 0 Å². The first-order valence-electron chi connectivity index (χ1n) is 10.2. The Hall–Kier alpha value is 0. The monoisotopic (exact) mass is 296 g/mol. The van der Waals surface area contributed by atoms with Gasteiger partial charge in [0.25, 0.3) is 0 Å². The number of hydrogen-bond donors (Lipinski definition) is 0. The molecule has 128 valence electrons. The van der Waals surface area contributed by atoms with E-state index in [2.05, 4.69) is 27.7 Å². The summed E-state index contributed by atoms with van der Waals surface area (Å²) in [4.78, 5) is 0. The summed E-state index contributed by atoms with van der Waals surface area (Å²) in [6.45, 7) is 9.52. The predicted molar refractivity (Wildman–Crippen MR) is 98.9 cm³/mol. The van der Waals surface area contributed by atoms with Crippen molar-refractivity contribution >= 4 is 0 Å². The second kappa shape index (κ2) is 16.4. The molecule has 0 aromatic heterocycles. The van der Waals surface area contributed by atoms with E-state index in [1.807, 2.05) is 0 Å². The van der Waals surface area contributed by atoms with Gasteiger partial charge in [-0.25, -0.2) is 0 Å². The molecule has 0 saturated heterocycles. The van der Waals surface area contributed by atoms with E-state index in [0.717, 1.165) is 11.8 Å². The van der Waals surface area contributed by atoms with Crippen molar-refractivity contribution in [2.75, 3.05) is 0 Å². The molecule has 0 bridgehead atoms. The van der Waals surface area contributed by atoms with Crippen LogP contribution < -0.4 is 0 Å². The van der Waals surface area contributed by atoms with E-state index in [9.17, 15) is 0 Å². The third-order valence-corrected chi connectivity index (χ3v) is 4.99. The van der Waals surface area contributed by atoms with Crippen LogP contribution in [0.5, 0.6) is 0 Å². The van der Waals surface area contributed by atoms with E-state index >= 15 is 0 Å². The zero-order valence-electron chi connectivity index (χ0n) is 15.8. The Morgan fingerprint density at radius 3 is 1.14 bits per heavy atom. The van der Waals surface area contributed by atoms with Crippen molar-refractivity contribution in [1.29, 1.82) is 0 Å². The highest BCUT2D eigenvalue weighted by Crippen LogP contribution is 2.20. The first-order valence-corrected chi connectivity index (χ1v) is 10.2. The third kappa shape index (κ3) is 16.2. The van der Waals surface area contributed by atoms with Crippen molar-refractivity contribution in [3.8, 4) is 0 Å².